The van der Waals surface area contributed by atoms with Gasteiger partial charge in [-0.25, -0.2) is 0 Å². The van der Waals surface area contributed by atoms with Crippen LogP contribution >= 0.6 is 0 Å². The maximum Gasteiger partial charge on any atom is 0.121 e. The molecule has 1 fully saturated rings. The second-order valence-corrected chi connectivity index (χ2v) is 6.83. The van der Waals surface area contributed by atoms with Gasteiger partial charge in [0.05, 0.1) is 7.11 Å². The van der Waals surface area contributed by atoms with Gasteiger partial charge < -0.3 is 15.0 Å². The molecule has 1 atom stereocenters. The Hall–Kier alpha value is -1.22. The fourth-order valence-electron chi connectivity index (χ4n) is 2.80. The molecule has 1 heterocycles. The largest absolute Gasteiger partial charge is 0.496 e. The van der Waals surface area contributed by atoms with Crippen molar-refractivity contribution in [2.75, 3.05) is 31.6 Å². The van der Waals surface area contributed by atoms with Gasteiger partial charge in [-0.2, -0.15) is 0 Å². The molecule has 1 N–H and O–H groups in total. The van der Waals surface area contributed by atoms with Crippen molar-refractivity contribution >= 4 is 5.69 Å². The Bertz CT molecular complexity index is 451. The van der Waals surface area contributed by atoms with E-state index in [1.807, 2.05) is 0 Å². The van der Waals surface area contributed by atoms with Crippen molar-refractivity contribution in [3.63, 3.8) is 0 Å². The third-order valence-electron chi connectivity index (χ3n) is 4.19. The Balaban J connectivity index is 2.20. The van der Waals surface area contributed by atoms with Crippen molar-refractivity contribution in [2.45, 2.75) is 40.2 Å². The smallest absolute Gasteiger partial charge is 0.121 e. The van der Waals surface area contributed by atoms with E-state index in [0.29, 0.717) is 6.04 Å². The summed E-state index contributed by atoms with van der Waals surface area (Å²) in [5.74, 6) is 0.967. The van der Waals surface area contributed by atoms with Crippen molar-refractivity contribution in [1.29, 1.82) is 0 Å². The minimum atomic E-state index is 0.282. The summed E-state index contributed by atoms with van der Waals surface area (Å²) < 4.78 is 5.36. The van der Waals surface area contributed by atoms with Gasteiger partial charge in [0.15, 0.2) is 0 Å². The third-order valence-corrected chi connectivity index (χ3v) is 4.19. The molecule has 0 aliphatic carbocycles. The van der Waals surface area contributed by atoms with Crippen molar-refractivity contribution in [1.82, 2.24) is 5.32 Å². The topological polar surface area (TPSA) is 24.5 Å². The fourth-order valence-corrected chi connectivity index (χ4v) is 2.80. The van der Waals surface area contributed by atoms with E-state index in [1.165, 1.54) is 17.7 Å². The number of aryl methyl sites for hydroxylation is 1. The SMILES string of the molecule is COc1ccc(N2CCCNC(C(C)(C)C)C2)cc1C. The molecule has 20 heavy (non-hydrogen) atoms. The van der Waals surface area contributed by atoms with Gasteiger partial charge in [-0.1, -0.05) is 20.8 Å². The van der Waals surface area contributed by atoms with Gasteiger partial charge in [-0.05, 0) is 49.1 Å². The van der Waals surface area contributed by atoms with E-state index in [-0.39, 0.29) is 5.41 Å². The van der Waals surface area contributed by atoms with Crippen LogP contribution in [0.1, 0.15) is 32.8 Å². The number of hydrogen-bond acceptors (Lipinski definition) is 3. The molecular weight excluding hydrogens is 248 g/mol. The summed E-state index contributed by atoms with van der Waals surface area (Å²) in [4.78, 5) is 2.50. The molecule has 3 heteroatoms. The molecule has 1 aliphatic heterocycles. The zero-order chi connectivity index (χ0) is 14.8. The first-order valence-electron chi connectivity index (χ1n) is 7.55. The monoisotopic (exact) mass is 276 g/mol. The van der Waals surface area contributed by atoms with E-state index in [2.05, 4.69) is 56.1 Å². The molecule has 3 nitrogen and oxygen atoms in total. The minimum Gasteiger partial charge on any atom is -0.496 e. The van der Waals surface area contributed by atoms with Crippen LogP contribution in [0.4, 0.5) is 5.69 Å². The number of anilines is 1. The predicted molar refractivity (Wildman–Crippen MR) is 85.8 cm³/mol. The average Bonchev–Trinajstić information content (AvgIpc) is 2.64. The molecule has 1 aromatic carbocycles. The van der Waals surface area contributed by atoms with E-state index in [1.54, 1.807) is 7.11 Å². The number of rotatable bonds is 2. The molecular formula is C17H28N2O. The van der Waals surface area contributed by atoms with Crippen LogP contribution in [0.2, 0.25) is 0 Å². The Morgan fingerprint density at radius 1 is 1.30 bits per heavy atom. The van der Waals surface area contributed by atoms with E-state index in [0.717, 1.165) is 25.4 Å². The number of ether oxygens (including phenoxy) is 1. The Kier molecular flexibility index (Phi) is 4.59. The molecule has 2 rings (SSSR count). The lowest BCUT2D eigenvalue weighted by Gasteiger charge is -2.34. The van der Waals surface area contributed by atoms with Crippen molar-refractivity contribution in [2.24, 2.45) is 5.41 Å². The van der Waals surface area contributed by atoms with Crippen LogP contribution in [0, 0.1) is 12.3 Å². The van der Waals surface area contributed by atoms with Crippen LogP contribution in [0.15, 0.2) is 18.2 Å². The molecule has 0 radical (unpaired) electrons. The summed E-state index contributed by atoms with van der Waals surface area (Å²) in [5.41, 5.74) is 2.79. The number of hydrogen-bond donors (Lipinski definition) is 1. The van der Waals surface area contributed by atoms with Crippen LogP contribution in [0.25, 0.3) is 0 Å². The lowest BCUT2D eigenvalue weighted by molar-refractivity contribution is 0.280. The molecule has 0 saturated carbocycles. The average molecular weight is 276 g/mol. The highest BCUT2D eigenvalue weighted by Gasteiger charge is 2.28. The molecule has 112 valence electrons. The van der Waals surface area contributed by atoms with Crippen molar-refractivity contribution < 1.29 is 4.74 Å². The molecule has 0 amide bonds. The summed E-state index contributed by atoms with van der Waals surface area (Å²) in [6, 6.07) is 7.02. The molecule has 1 saturated heterocycles. The molecule has 0 aromatic heterocycles. The van der Waals surface area contributed by atoms with Gasteiger partial charge in [-0.15, -0.1) is 0 Å². The second kappa shape index (κ2) is 6.04. The maximum absolute atomic E-state index is 5.36. The van der Waals surface area contributed by atoms with Gasteiger partial charge >= 0.3 is 0 Å². The normalized spacial score (nSPS) is 20.6. The summed E-state index contributed by atoms with van der Waals surface area (Å²) in [7, 11) is 1.73. The third kappa shape index (κ3) is 3.45. The van der Waals surface area contributed by atoms with Gasteiger partial charge in [0.1, 0.15) is 5.75 Å². The zero-order valence-electron chi connectivity index (χ0n) is 13.5. The lowest BCUT2D eigenvalue weighted by atomic mass is 9.86. The molecule has 0 bridgehead atoms. The van der Waals surface area contributed by atoms with Gasteiger partial charge in [-0.3, -0.25) is 0 Å². The minimum absolute atomic E-state index is 0.282. The summed E-state index contributed by atoms with van der Waals surface area (Å²) >= 11 is 0. The Labute approximate surface area is 123 Å². The van der Waals surface area contributed by atoms with Gasteiger partial charge in [0.25, 0.3) is 0 Å². The molecule has 1 aliphatic rings. The Morgan fingerprint density at radius 3 is 2.65 bits per heavy atom. The Morgan fingerprint density at radius 2 is 2.05 bits per heavy atom. The standard InChI is InChI=1S/C17H28N2O/c1-13-11-14(7-8-15(13)20-5)19-10-6-9-18-16(12-19)17(2,3)4/h7-8,11,16,18H,6,9-10,12H2,1-5H3. The van der Waals surface area contributed by atoms with E-state index < -0.39 is 0 Å². The molecule has 0 spiro atoms. The quantitative estimate of drug-likeness (QED) is 0.897. The number of methoxy groups -OCH3 is 1. The van der Waals surface area contributed by atoms with E-state index in [4.69, 9.17) is 4.74 Å². The highest BCUT2D eigenvalue weighted by Crippen LogP contribution is 2.28. The highest BCUT2D eigenvalue weighted by molar-refractivity contribution is 5.53. The fraction of sp³-hybridized carbons (Fsp3) is 0.647. The van der Waals surface area contributed by atoms with Crippen LogP contribution in [0.3, 0.4) is 0 Å². The summed E-state index contributed by atoms with van der Waals surface area (Å²) in [5, 5.41) is 3.69. The first-order chi connectivity index (χ1) is 9.41. The van der Waals surface area contributed by atoms with Crippen molar-refractivity contribution in [3.8, 4) is 5.75 Å². The van der Waals surface area contributed by atoms with E-state index in [9.17, 15) is 0 Å². The summed E-state index contributed by atoms with van der Waals surface area (Å²) in [6.45, 7) is 12.3. The number of nitrogens with one attached hydrogen (secondary N) is 1. The molecule has 1 unspecified atom stereocenters. The van der Waals surface area contributed by atoms with Crippen LogP contribution < -0.4 is 15.0 Å². The molecule has 1 aromatic rings. The predicted octanol–water partition coefficient (Wildman–Crippen LogP) is 3.22. The van der Waals surface area contributed by atoms with Crippen LogP contribution in [-0.4, -0.2) is 32.8 Å². The first kappa shape index (κ1) is 15.2. The zero-order valence-corrected chi connectivity index (χ0v) is 13.5. The van der Waals surface area contributed by atoms with Gasteiger partial charge in [0.2, 0.25) is 0 Å². The van der Waals surface area contributed by atoms with E-state index >= 15 is 0 Å². The first-order valence-corrected chi connectivity index (χ1v) is 7.55. The lowest BCUT2D eigenvalue weighted by Crippen LogP contribution is -2.46. The number of nitrogens with zero attached hydrogens (tertiary/aromatic N) is 1. The maximum atomic E-state index is 5.36. The second-order valence-electron chi connectivity index (χ2n) is 6.83. The number of benzene rings is 1. The van der Waals surface area contributed by atoms with Crippen LogP contribution in [-0.2, 0) is 0 Å². The van der Waals surface area contributed by atoms with Crippen molar-refractivity contribution in [3.05, 3.63) is 23.8 Å². The highest BCUT2D eigenvalue weighted by atomic mass is 16.5. The van der Waals surface area contributed by atoms with Gasteiger partial charge in [0, 0.05) is 24.8 Å². The summed E-state index contributed by atoms with van der Waals surface area (Å²) in [6.07, 6.45) is 1.19. The van der Waals surface area contributed by atoms with Crippen LogP contribution in [0.5, 0.6) is 5.75 Å².